The number of rotatable bonds is 5. The fourth-order valence-corrected chi connectivity index (χ4v) is 3.73. The Bertz CT molecular complexity index is 711. The molecule has 0 saturated carbocycles. The van der Waals surface area contributed by atoms with Gasteiger partial charge in [0.05, 0.1) is 5.56 Å². The number of fused-ring (bicyclic) bond motifs is 1. The average Bonchev–Trinajstić information content (AvgIpc) is 2.60. The van der Waals surface area contributed by atoms with Crippen molar-refractivity contribution in [3.63, 3.8) is 0 Å². The largest absolute Gasteiger partial charge is 0.358 e. The zero-order valence-electron chi connectivity index (χ0n) is 14.8. The molecule has 0 aromatic heterocycles. The van der Waals surface area contributed by atoms with Gasteiger partial charge in [-0.2, -0.15) is 0 Å². The predicted octanol–water partition coefficient (Wildman–Crippen LogP) is 5.01. The number of nitrogens with one attached hydrogen (secondary N) is 1. The van der Waals surface area contributed by atoms with Crippen molar-refractivity contribution in [1.29, 1.82) is 0 Å². The molecule has 3 nitrogen and oxygen atoms in total. The highest BCUT2D eigenvalue weighted by molar-refractivity contribution is 6.02. The Balaban J connectivity index is 2.19. The van der Waals surface area contributed by atoms with Gasteiger partial charge in [-0.1, -0.05) is 55.8 Å². The van der Waals surface area contributed by atoms with Gasteiger partial charge in [0.2, 0.25) is 0 Å². The number of nitrogens with zero attached hydrogens (tertiary/aromatic N) is 1. The molecule has 1 amide bonds. The summed E-state index contributed by atoms with van der Waals surface area (Å²) in [6, 6.07) is 18.3. The third-order valence-corrected chi connectivity index (χ3v) is 4.79. The van der Waals surface area contributed by atoms with E-state index in [9.17, 15) is 4.79 Å². The summed E-state index contributed by atoms with van der Waals surface area (Å²) in [5.74, 6) is 0.110. The second-order valence-electron chi connectivity index (χ2n) is 6.77. The fraction of sp³-hybridized carbons (Fsp3) is 0.381. The molecule has 3 heteroatoms. The molecule has 1 atom stereocenters. The van der Waals surface area contributed by atoms with Crippen molar-refractivity contribution in [3.05, 3.63) is 65.7 Å². The Morgan fingerprint density at radius 2 is 1.71 bits per heavy atom. The Labute approximate surface area is 144 Å². The third-order valence-electron chi connectivity index (χ3n) is 4.79. The number of carbonyl (C=O) groups excluding carboxylic acids is 1. The van der Waals surface area contributed by atoms with E-state index in [-0.39, 0.29) is 11.9 Å². The normalized spacial score (nSPS) is 20.0. The maximum Gasteiger partial charge on any atom is 0.258 e. The minimum atomic E-state index is -0.489. The Kier molecular flexibility index (Phi) is 4.61. The van der Waals surface area contributed by atoms with Crippen LogP contribution in [0.1, 0.15) is 56.0 Å². The van der Waals surface area contributed by atoms with Gasteiger partial charge in [-0.05, 0) is 44.4 Å². The molecule has 0 aliphatic carbocycles. The summed E-state index contributed by atoms with van der Waals surface area (Å²) in [5.41, 5.74) is 2.35. The Hall–Kier alpha value is -2.29. The first-order chi connectivity index (χ1) is 11.6. The van der Waals surface area contributed by atoms with E-state index >= 15 is 0 Å². The molecule has 1 unspecified atom stereocenters. The van der Waals surface area contributed by atoms with Crippen LogP contribution in [-0.2, 0) is 5.66 Å². The first-order valence-corrected chi connectivity index (χ1v) is 8.86. The number of hydrogen-bond donors (Lipinski definition) is 1. The number of hydrogen-bond acceptors (Lipinski definition) is 2. The SMILES string of the molecule is CCCCC1(c2ccccc2)Nc2ccccc2C(=O)N1C(C)C. The maximum atomic E-state index is 13.3. The van der Waals surface area contributed by atoms with Crippen molar-refractivity contribution in [3.8, 4) is 0 Å². The molecule has 3 rings (SSSR count). The van der Waals surface area contributed by atoms with Crippen molar-refractivity contribution in [2.24, 2.45) is 0 Å². The Morgan fingerprint density at radius 1 is 1.04 bits per heavy atom. The summed E-state index contributed by atoms with van der Waals surface area (Å²) < 4.78 is 0. The zero-order valence-corrected chi connectivity index (χ0v) is 14.8. The minimum absolute atomic E-state index is 0.107. The van der Waals surface area contributed by atoms with Crippen LogP contribution in [0.4, 0.5) is 5.69 Å². The lowest BCUT2D eigenvalue weighted by atomic mass is 9.86. The molecule has 126 valence electrons. The summed E-state index contributed by atoms with van der Waals surface area (Å²) >= 11 is 0. The van der Waals surface area contributed by atoms with Gasteiger partial charge in [0.25, 0.3) is 5.91 Å². The van der Waals surface area contributed by atoms with E-state index in [1.165, 1.54) is 0 Å². The molecular weight excluding hydrogens is 296 g/mol. The second kappa shape index (κ2) is 6.68. The minimum Gasteiger partial charge on any atom is -0.358 e. The van der Waals surface area contributed by atoms with Crippen LogP contribution in [-0.4, -0.2) is 16.8 Å². The summed E-state index contributed by atoms with van der Waals surface area (Å²) in [6.45, 7) is 6.38. The maximum absolute atomic E-state index is 13.3. The van der Waals surface area contributed by atoms with Crippen molar-refractivity contribution >= 4 is 11.6 Å². The van der Waals surface area contributed by atoms with Crippen LogP contribution < -0.4 is 5.32 Å². The lowest BCUT2D eigenvalue weighted by molar-refractivity contribution is 0.0350. The molecule has 2 aromatic carbocycles. The van der Waals surface area contributed by atoms with Crippen LogP contribution in [0.25, 0.3) is 0 Å². The van der Waals surface area contributed by atoms with Crippen molar-refractivity contribution < 1.29 is 4.79 Å². The molecule has 0 saturated heterocycles. The van der Waals surface area contributed by atoms with Gasteiger partial charge in [0, 0.05) is 11.7 Å². The van der Waals surface area contributed by atoms with Crippen LogP contribution in [0.15, 0.2) is 54.6 Å². The van der Waals surface area contributed by atoms with Gasteiger partial charge in [-0.3, -0.25) is 4.79 Å². The van der Waals surface area contributed by atoms with Crippen LogP contribution in [0.2, 0.25) is 0 Å². The summed E-state index contributed by atoms with van der Waals surface area (Å²) in [6.07, 6.45) is 3.05. The molecule has 0 fully saturated rings. The standard InChI is InChI=1S/C21H26N2O/c1-4-5-15-21(17-11-7-6-8-12-17)22-19-14-10-9-13-18(19)20(24)23(21)16(2)3/h6-14,16,22H,4-5,15H2,1-3H3. The third kappa shape index (κ3) is 2.68. The van der Waals surface area contributed by atoms with Crippen LogP contribution in [0.5, 0.6) is 0 Å². The van der Waals surface area contributed by atoms with E-state index < -0.39 is 5.66 Å². The van der Waals surface area contributed by atoms with E-state index in [0.29, 0.717) is 0 Å². The number of carbonyl (C=O) groups is 1. The van der Waals surface area contributed by atoms with Crippen molar-refractivity contribution in [1.82, 2.24) is 4.90 Å². The first kappa shape index (κ1) is 16.6. The number of amides is 1. The summed E-state index contributed by atoms with van der Waals surface area (Å²) in [7, 11) is 0. The first-order valence-electron chi connectivity index (χ1n) is 8.86. The smallest absolute Gasteiger partial charge is 0.258 e. The molecule has 1 aliphatic heterocycles. The monoisotopic (exact) mass is 322 g/mol. The molecule has 1 aliphatic rings. The number of benzene rings is 2. The lowest BCUT2D eigenvalue weighted by Gasteiger charge is -2.51. The van der Waals surface area contributed by atoms with E-state index in [1.807, 2.05) is 47.4 Å². The Morgan fingerprint density at radius 3 is 2.38 bits per heavy atom. The molecule has 0 spiro atoms. The number of unbranched alkanes of at least 4 members (excludes halogenated alkanes) is 1. The number of para-hydroxylation sites is 1. The van der Waals surface area contributed by atoms with Gasteiger partial charge in [0.15, 0.2) is 0 Å². The van der Waals surface area contributed by atoms with Gasteiger partial charge >= 0.3 is 0 Å². The molecule has 2 aromatic rings. The molecule has 0 bridgehead atoms. The molecule has 1 N–H and O–H groups in total. The van der Waals surface area contributed by atoms with E-state index in [1.54, 1.807) is 0 Å². The second-order valence-corrected chi connectivity index (χ2v) is 6.77. The van der Waals surface area contributed by atoms with E-state index in [0.717, 1.165) is 36.1 Å². The average molecular weight is 322 g/mol. The number of anilines is 1. The highest BCUT2D eigenvalue weighted by Gasteiger charge is 2.46. The molecular formula is C21H26N2O. The van der Waals surface area contributed by atoms with Gasteiger partial charge < -0.3 is 10.2 Å². The van der Waals surface area contributed by atoms with Gasteiger partial charge in [-0.25, -0.2) is 0 Å². The van der Waals surface area contributed by atoms with Gasteiger partial charge in [-0.15, -0.1) is 0 Å². The zero-order chi connectivity index (χ0) is 17.2. The quantitative estimate of drug-likeness (QED) is 0.839. The van der Waals surface area contributed by atoms with Crippen molar-refractivity contribution in [2.75, 3.05) is 5.32 Å². The van der Waals surface area contributed by atoms with Crippen LogP contribution in [0, 0.1) is 0 Å². The van der Waals surface area contributed by atoms with Crippen molar-refractivity contribution in [2.45, 2.75) is 51.7 Å². The molecule has 24 heavy (non-hydrogen) atoms. The molecule has 0 radical (unpaired) electrons. The lowest BCUT2D eigenvalue weighted by Crippen LogP contribution is -2.60. The summed E-state index contributed by atoms with van der Waals surface area (Å²) in [4.78, 5) is 15.3. The van der Waals surface area contributed by atoms with E-state index in [2.05, 4.69) is 38.2 Å². The molecule has 1 heterocycles. The van der Waals surface area contributed by atoms with Gasteiger partial charge in [0.1, 0.15) is 5.66 Å². The predicted molar refractivity (Wildman–Crippen MR) is 99.0 cm³/mol. The fourth-order valence-electron chi connectivity index (χ4n) is 3.73. The van der Waals surface area contributed by atoms with Crippen LogP contribution >= 0.6 is 0 Å². The van der Waals surface area contributed by atoms with Crippen LogP contribution in [0.3, 0.4) is 0 Å². The highest BCUT2D eigenvalue weighted by atomic mass is 16.2. The highest BCUT2D eigenvalue weighted by Crippen LogP contribution is 2.42. The van der Waals surface area contributed by atoms with E-state index in [4.69, 9.17) is 0 Å². The summed E-state index contributed by atoms with van der Waals surface area (Å²) in [5, 5.41) is 3.73. The topological polar surface area (TPSA) is 32.3 Å².